The van der Waals surface area contributed by atoms with Crippen molar-refractivity contribution in [2.24, 2.45) is 16.3 Å². The van der Waals surface area contributed by atoms with E-state index >= 15 is 0 Å². The van der Waals surface area contributed by atoms with Crippen LogP contribution in [0.5, 0.6) is 0 Å². The number of hydrogen-bond donors (Lipinski definition) is 1. The lowest BCUT2D eigenvalue weighted by molar-refractivity contribution is 0.102. The van der Waals surface area contributed by atoms with Crippen LogP contribution in [0.25, 0.3) is 0 Å². The minimum absolute atomic E-state index is 0.0974. The molecule has 0 radical (unpaired) electrons. The monoisotopic (exact) mass is 514 g/mol. The van der Waals surface area contributed by atoms with Gasteiger partial charge in [-0.25, -0.2) is 4.99 Å². The zero-order chi connectivity index (χ0) is 25.1. The molecule has 0 spiro atoms. The molecule has 5 rings (SSSR count). The molecule has 1 atom stereocenters. The topological polar surface area (TPSA) is 54.6 Å². The summed E-state index contributed by atoms with van der Waals surface area (Å²) < 4.78 is 5.99. The molecule has 4 aromatic rings. The molecule has 1 N–H and O–H groups in total. The molecule has 0 bridgehead atoms. The molecule has 2 aromatic carbocycles. The number of anilines is 1. The van der Waals surface area contributed by atoms with E-state index in [0.717, 1.165) is 45.5 Å². The van der Waals surface area contributed by atoms with Gasteiger partial charge in [0.25, 0.3) is 5.91 Å². The lowest BCUT2D eigenvalue weighted by Gasteiger charge is -2.33. The number of para-hydroxylation sites is 1. The third-order valence-corrected chi connectivity index (χ3v) is 8.69. The first-order chi connectivity index (χ1) is 17.4. The van der Waals surface area contributed by atoms with Crippen LogP contribution < -0.4 is 5.32 Å². The van der Waals surface area contributed by atoms with Gasteiger partial charge in [0.2, 0.25) is 0 Å². The zero-order valence-electron chi connectivity index (χ0n) is 20.8. The Morgan fingerprint density at radius 2 is 1.78 bits per heavy atom. The Kier molecular flexibility index (Phi) is 7.17. The van der Waals surface area contributed by atoms with Gasteiger partial charge in [-0.1, -0.05) is 68.9 Å². The van der Waals surface area contributed by atoms with Crippen molar-refractivity contribution in [3.05, 3.63) is 94.6 Å². The summed E-state index contributed by atoms with van der Waals surface area (Å²) in [6.07, 6.45) is 4.70. The van der Waals surface area contributed by atoms with E-state index in [9.17, 15) is 4.79 Å². The van der Waals surface area contributed by atoms with Crippen LogP contribution in [0.15, 0.2) is 92.2 Å². The van der Waals surface area contributed by atoms with Gasteiger partial charge in [-0.05, 0) is 72.6 Å². The molecular formula is C30H30N2O2S2. The summed E-state index contributed by atoms with van der Waals surface area (Å²) in [6, 6.07) is 23.6. The number of rotatable bonds is 6. The maximum absolute atomic E-state index is 13.5. The maximum atomic E-state index is 13.5. The van der Waals surface area contributed by atoms with E-state index in [1.807, 2.05) is 60.7 Å². The molecule has 0 aliphatic heterocycles. The molecule has 1 aliphatic rings. The zero-order valence-corrected chi connectivity index (χ0v) is 22.4. The SMILES string of the molecule is CC(C)(C)[C@@H]1CCc2c(sc(N=Cc3ccc(Sc4ccccc4)o3)c2C(=O)Nc2ccccc2)C1. The number of nitrogens with one attached hydrogen (secondary N) is 1. The Hall–Kier alpha value is -3.09. The maximum Gasteiger partial charge on any atom is 0.259 e. The summed E-state index contributed by atoms with van der Waals surface area (Å²) in [5.41, 5.74) is 2.88. The van der Waals surface area contributed by atoms with Crippen LogP contribution in [-0.4, -0.2) is 12.1 Å². The minimum Gasteiger partial charge on any atom is -0.449 e. The highest BCUT2D eigenvalue weighted by molar-refractivity contribution is 7.99. The number of benzene rings is 2. The van der Waals surface area contributed by atoms with Crippen molar-refractivity contribution >= 4 is 45.9 Å². The lowest BCUT2D eigenvalue weighted by atomic mass is 9.72. The Balaban J connectivity index is 1.42. The van der Waals surface area contributed by atoms with E-state index in [1.54, 1.807) is 29.3 Å². The van der Waals surface area contributed by atoms with Crippen LogP contribution in [-0.2, 0) is 12.8 Å². The van der Waals surface area contributed by atoms with E-state index in [-0.39, 0.29) is 11.3 Å². The van der Waals surface area contributed by atoms with Gasteiger partial charge in [0.1, 0.15) is 10.8 Å². The first-order valence-corrected chi connectivity index (χ1v) is 13.9. The highest BCUT2D eigenvalue weighted by atomic mass is 32.2. The van der Waals surface area contributed by atoms with Gasteiger partial charge >= 0.3 is 0 Å². The van der Waals surface area contributed by atoms with Crippen molar-refractivity contribution in [2.45, 2.75) is 50.0 Å². The fourth-order valence-electron chi connectivity index (χ4n) is 4.54. The second-order valence-corrected chi connectivity index (χ2v) is 12.3. The Morgan fingerprint density at radius 3 is 2.50 bits per heavy atom. The van der Waals surface area contributed by atoms with Crippen molar-refractivity contribution in [3.8, 4) is 0 Å². The summed E-state index contributed by atoms with van der Waals surface area (Å²) >= 11 is 3.22. The van der Waals surface area contributed by atoms with E-state index in [1.165, 1.54) is 4.88 Å². The fourth-order valence-corrected chi connectivity index (χ4v) is 6.60. The van der Waals surface area contributed by atoms with Crippen molar-refractivity contribution in [1.29, 1.82) is 0 Å². The second kappa shape index (κ2) is 10.5. The number of carbonyl (C=O) groups excluding carboxylic acids is 1. The van der Waals surface area contributed by atoms with Crippen LogP contribution in [0.1, 0.15) is 53.8 Å². The Labute approximate surface area is 220 Å². The molecule has 36 heavy (non-hydrogen) atoms. The normalized spacial score (nSPS) is 15.7. The molecule has 1 aliphatic carbocycles. The molecular weight excluding hydrogens is 484 g/mol. The largest absolute Gasteiger partial charge is 0.449 e. The first kappa shape index (κ1) is 24.6. The summed E-state index contributed by atoms with van der Waals surface area (Å²) in [5.74, 6) is 1.16. The average molecular weight is 515 g/mol. The van der Waals surface area contributed by atoms with E-state index in [2.05, 4.69) is 38.2 Å². The van der Waals surface area contributed by atoms with Crippen molar-refractivity contribution < 1.29 is 9.21 Å². The molecule has 6 heteroatoms. The molecule has 0 saturated heterocycles. The van der Waals surface area contributed by atoms with Crippen LogP contribution >= 0.6 is 23.1 Å². The van der Waals surface area contributed by atoms with Gasteiger partial charge in [-0.15, -0.1) is 11.3 Å². The second-order valence-electron chi connectivity index (χ2n) is 10.1. The molecule has 2 aromatic heterocycles. The van der Waals surface area contributed by atoms with E-state index < -0.39 is 0 Å². The lowest BCUT2D eigenvalue weighted by Crippen LogP contribution is -2.27. The number of nitrogens with zero attached hydrogens (tertiary/aromatic N) is 1. The predicted molar refractivity (Wildman–Crippen MR) is 150 cm³/mol. The minimum atomic E-state index is -0.0974. The Bertz CT molecular complexity index is 1370. The average Bonchev–Trinajstić information content (AvgIpc) is 3.46. The van der Waals surface area contributed by atoms with Gasteiger partial charge < -0.3 is 9.73 Å². The predicted octanol–water partition coefficient (Wildman–Crippen LogP) is 8.65. The summed E-state index contributed by atoms with van der Waals surface area (Å²) in [4.78, 5) is 20.6. The molecule has 0 fully saturated rings. The number of fused-ring (bicyclic) bond motifs is 1. The van der Waals surface area contributed by atoms with Crippen LogP contribution in [0.2, 0.25) is 0 Å². The van der Waals surface area contributed by atoms with Crippen LogP contribution in [0.4, 0.5) is 10.7 Å². The van der Waals surface area contributed by atoms with Crippen LogP contribution in [0.3, 0.4) is 0 Å². The number of amides is 1. The van der Waals surface area contributed by atoms with Gasteiger partial charge in [0, 0.05) is 15.5 Å². The third-order valence-electron chi connectivity index (χ3n) is 6.60. The number of thiophene rings is 1. The summed E-state index contributed by atoms with van der Waals surface area (Å²) in [7, 11) is 0. The first-order valence-electron chi connectivity index (χ1n) is 12.2. The number of carbonyl (C=O) groups is 1. The van der Waals surface area contributed by atoms with E-state index in [0.29, 0.717) is 17.2 Å². The Morgan fingerprint density at radius 1 is 1.06 bits per heavy atom. The van der Waals surface area contributed by atoms with Crippen molar-refractivity contribution in [2.75, 3.05) is 5.32 Å². The third kappa shape index (κ3) is 5.66. The van der Waals surface area contributed by atoms with Crippen molar-refractivity contribution in [1.82, 2.24) is 0 Å². The van der Waals surface area contributed by atoms with Gasteiger partial charge in [-0.3, -0.25) is 4.79 Å². The van der Waals surface area contributed by atoms with E-state index in [4.69, 9.17) is 9.41 Å². The number of furan rings is 1. The van der Waals surface area contributed by atoms with Crippen molar-refractivity contribution in [3.63, 3.8) is 0 Å². The molecule has 0 saturated carbocycles. The molecule has 2 heterocycles. The van der Waals surface area contributed by atoms with Gasteiger partial charge in [0.15, 0.2) is 5.09 Å². The quantitative estimate of drug-likeness (QED) is 0.262. The van der Waals surface area contributed by atoms with Gasteiger partial charge in [-0.2, -0.15) is 0 Å². The summed E-state index contributed by atoms with van der Waals surface area (Å²) in [5, 5.41) is 4.63. The fraction of sp³-hybridized carbons (Fsp3) is 0.267. The highest BCUT2D eigenvalue weighted by Gasteiger charge is 2.33. The standard InChI is InChI=1S/C30H30N2O2S2/c1-30(2,3)20-14-16-24-25(18-20)36-29(27(24)28(33)32-21-10-6-4-7-11-21)31-19-22-15-17-26(34-22)35-23-12-8-5-9-13-23/h4-13,15,17,19-20H,14,16,18H2,1-3H3,(H,32,33)/t20-/m1/s1. The molecule has 4 nitrogen and oxygen atoms in total. The molecule has 0 unspecified atom stereocenters. The highest BCUT2D eigenvalue weighted by Crippen LogP contribution is 2.45. The van der Waals surface area contributed by atoms with Crippen LogP contribution in [0, 0.1) is 11.3 Å². The number of aliphatic imine (C=N–C) groups is 1. The summed E-state index contributed by atoms with van der Waals surface area (Å²) in [6.45, 7) is 6.92. The number of hydrogen-bond acceptors (Lipinski definition) is 5. The molecule has 1 amide bonds. The van der Waals surface area contributed by atoms with Gasteiger partial charge in [0.05, 0.1) is 11.8 Å². The smallest absolute Gasteiger partial charge is 0.259 e. The molecule has 184 valence electrons.